The molecule has 0 heterocycles. The zero-order valence-corrected chi connectivity index (χ0v) is 9.28. The Balaban J connectivity index is 2.76. The van der Waals surface area contributed by atoms with Crippen LogP contribution in [0.3, 0.4) is 0 Å². The van der Waals surface area contributed by atoms with Crippen molar-refractivity contribution in [3.8, 4) is 0 Å². The SMILES string of the molecule is [CH2]CCCNCCCCCCCC. The van der Waals surface area contributed by atoms with Gasteiger partial charge in [-0.05, 0) is 25.9 Å². The molecule has 1 radical (unpaired) electrons. The third-order valence-corrected chi connectivity index (χ3v) is 2.31. The number of nitrogens with one attached hydrogen (secondary N) is 1. The molecule has 0 aromatic carbocycles. The Labute approximate surface area is 84.3 Å². The van der Waals surface area contributed by atoms with Gasteiger partial charge in [-0.3, -0.25) is 0 Å². The molecule has 1 N–H and O–H groups in total. The molecule has 0 aliphatic heterocycles. The van der Waals surface area contributed by atoms with Gasteiger partial charge in [0.2, 0.25) is 0 Å². The third-order valence-electron chi connectivity index (χ3n) is 2.31. The summed E-state index contributed by atoms with van der Waals surface area (Å²) in [5, 5.41) is 3.44. The van der Waals surface area contributed by atoms with Crippen molar-refractivity contribution in [3.63, 3.8) is 0 Å². The van der Waals surface area contributed by atoms with Crippen LogP contribution in [0.15, 0.2) is 0 Å². The molecule has 0 aliphatic rings. The van der Waals surface area contributed by atoms with Crippen LogP contribution in [0.4, 0.5) is 0 Å². The maximum Gasteiger partial charge on any atom is -0.00489 e. The zero-order chi connectivity index (χ0) is 9.78. The lowest BCUT2D eigenvalue weighted by Crippen LogP contribution is -2.16. The molecular weight excluding hydrogens is 158 g/mol. The molecule has 0 spiro atoms. The fourth-order valence-corrected chi connectivity index (χ4v) is 1.41. The van der Waals surface area contributed by atoms with Crippen molar-refractivity contribution in [2.75, 3.05) is 13.1 Å². The maximum atomic E-state index is 3.81. The Morgan fingerprint density at radius 2 is 1.46 bits per heavy atom. The summed E-state index contributed by atoms with van der Waals surface area (Å²) in [4.78, 5) is 0. The van der Waals surface area contributed by atoms with Crippen LogP contribution < -0.4 is 5.32 Å². The summed E-state index contributed by atoms with van der Waals surface area (Å²) in [5.74, 6) is 0. The average Bonchev–Trinajstić information content (AvgIpc) is 2.16. The highest BCUT2D eigenvalue weighted by Gasteiger charge is 1.89. The van der Waals surface area contributed by atoms with E-state index in [0.29, 0.717) is 0 Å². The second-order valence-electron chi connectivity index (χ2n) is 3.72. The molecule has 0 aliphatic carbocycles. The number of unbranched alkanes of at least 4 members (excludes halogenated alkanes) is 6. The molecule has 0 unspecified atom stereocenters. The quantitative estimate of drug-likeness (QED) is 0.512. The first kappa shape index (κ1) is 13.0. The van der Waals surface area contributed by atoms with Gasteiger partial charge in [0.15, 0.2) is 0 Å². The minimum atomic E-state index is 1.06. The zero-order valence-electron chi connectivity index (χ0n) is 9.28. The lowest BCUT2D eigenvalue weighted by Gasteiger charge is -2.03. The van der Waals surface area contributed by atoms with Gasteiger partial charge in [0.05, 0.1) is 0 Å². The van der Waals surface area contributed by atoms with Crippen molar-refractivity contribution >= 4 is 0 Å². The van der Waals surface area contributed by atoms with Crippen molar-refractivity contribution < 1.29 is 0 Å². The van der Waals surface area contributed by atoms with E-state index in [4.69, 9.17) is 0 Å². The van der Waals surface area contributed by atoms with Crippen LogP contribution in [0, 0.1) is 6.92 Å². The van der Waals surface area contributed by atoms with Gasteiger partial charge in [-0.1, -0.05) is 52.4 Å². The van der Waals surface area contributed by atoms with Crippen molar-refractivity contribution in [1.82, 2.24) is 5.32 Å². The predicted octanol–water partition coefficient (Wildman–Crippen LogP) is 3.55. The molecule has 13 heavy (non-hydrogen) atoms. The van der Waals surface area contributed by atoms with Crippen molar-refractivity contribution in [2.24, 2.45) is 0 Å². The molecular formula is C12H26N. The monoisotopic (exact) mass is 184 g/mol. The van der Waals surface area contributed by atoms with E-state index in [2.05, 4.69) is 19.2 Å². The lowest BCUT2D eigenvalue weighted by molar-refractivity contribution is 0.566. The molecule has 0 aromatic rings. The van der Waals surface area contributed by atoms with Gasteiger partial charge in [0.1, 0.15) is 0 Å². The maximum absolute atomic E-state index is 3.81. The molecule has 79 valence electrons. The van der Waals surface area contributed by atoms with Crippen molar-refractivity contribution in [3.05, 3.63) is 6.92 Å². The summed E-state index contributed by atoms with van der Waals surface area (Å²) < 4.78 is 0. The minimum absolute atomic E-state index is 1.06. The second kappa shape index (κ2) is 12.0. The molecule has 0 amide bonds. The van der Waals surface area contributed by atoms with E-state index in [-0.39, 0.29) is 0 Å². The van der Waals surface area contributed by atoms with Crippen LogP contribution >= 0.6 is 0 Å². The van der Waals surface area contributed by atoms with Gasteiger partial charge in [0, 0.05) is 0 Å². The summed E-state index contributed by atoms with van der Waals surface area (Å²) in [7, 11) is 0. The molecule has 0 saturated heterocycles. The molecule has 0 atom stereocenters. The van der Waals surface area contributed by atoms with Gasteiger partial charge in [-0.25, -0.2) is 0 Å². The van der Waals surface area contributed by atoms with Crippen LogP contribution in [0.25, 0.3) is 0 Å². The van der Waals surface area contributed by atoms with E-state index < -0.39 is 0 Å². The lowest BCUT2D eigenvalue weighted by atomic mass is 10.1. The molecule has 0 aromatic heterocycles. The Morgan fingerprint density at radius 3 is 2.15 bits per heavy atom. The predicted molar refractivity (Wildman–Crippen MR) is 60.8 cm³/mol. The Morgan fingerprint density at radius 1 is 0.846 bits per heavy atom. The third kappa shape index (κ3) is 12.0. The summed E-state index contributed by atoms with van der Waals surface area (Å²) in [6.45, 7) is 8.43. The summed E-state index contributed by atoms with van der Waals surface area (Å²) in [6, 6.07) is 0. The fourth-order valence-electron chi connectivity index (χ4n) is 1.41. The van der Waals surface area contributed by atoms with E-state index in [0.717, 1.165) is 13.0 Å². The molecule has 0 saturated carbocycles. The van der Waals surface area contributed by atoms with Crippen molar-refractivity contribution in [2.45, 2.75) is 58.3 Å². The summed E-state index contributed by atoms with van der Waals surface area (Å²) >= 11 is 0. The largest absolute Gasteiger partial charge is 0.317 e. The first-order valence-corrected chi connectivity index (χ1v) is 5.91. The van der Waals surface area contributed by atoms with Crippen LogP contribution in [0.1, 0.15) is 58.3 Å². The normalized spacial score (nSPS) is 10.6. The highest BCUT2D eigenvalue weighted by Crippen LogP contribution is 2.03. The van der Waals surface area contributed by atoms with E-state index in [1.54, 1.807) is 0 Å². The standard InChI is InChI=1S/C12H26N/c1-3-5-7-8-9-10-12-13-11-6-4-2/h13H,2-12H2,1H3. The van der Waals surface area contributed by atoms with Crippen LogP contribution in [-0.2, 0) is 0 Å². The van der Waals surface area contributed by atoms with Crippen LogP contribution in [-0.4, -0.2) is 13.1 Å². The summed E-state index contributed by atoms with van der Waals surface area (Å²) in [5.41, 5.74) is 0. The average molecular weight is 184 g/mol. The van der Waals surface area contributed by atoms with Gasteiger partial charge in [-0.2, -0.15) is 0 Å². The van der Waals surface area contributed by atoms with Gasteiger partial charge in [0.25, 0.3) is 0 Å². The van der Waals surface area contributed by atoms with E-state index in [1.807, 2.05) is 0 Å². The highest BCUT2D eigenvalue weighted by molar-refractivity contribution is 4.50. The Hall–Kier alpha value is -0.0400. The van der Waals surface area contributed by atoms with Crippen LogP contribution in [0.5, 0.6) is 0 Å². The van der Waals surface area contributed by atoms with E-state index >= 15 is 0 Å². The Bertz CT molecular complexity index is 71.2. The number of hydrogen-bond acceptors (Lipinski definition) is 1. The topological polar surface area (TPSA) is 12.0 Å². The number of rotatable bonds is 10. The van der Waals surface area contributed by atoms with Gasteiger partial charge in [-0.15, -0.1) is 0 Å². The van der Waals surface area contributed by atoms with E-state index in [9.17, 15) is 0 Å². The first-order chi connectivity index (χ1) is 6.41. The number of hydrogen-bond donors (Lipinski definition) is 1. The van der Waals surface area contributed by atoms with Gasteiger partial charge >= 0.3 is 0 Å². The molecule has 0 fully saturated rings. The smallest absolute Gasteiger partial charge is 0.00489 e. The first-order valence-electron chi connectivity index (χ1n) is 5.91. The van der Waals surface area contributed by atoms with Crippen molar-refractivity contribution in [1.29, 1.82) is 0 Å². The fraction of sp³-hybridized carbons (Fsp3) is 0.917. The Kier molecular flexibility index (Phi) is 11.9. The summed E-state index contributed by atoms with van der Waals surface area (Å²) in [6.07, 6.45) is 10.6. The minimum Gasteiger partial charge on any atom is -0.317 e. The second-order valence-corrected chi connectivity index (χ2v) is 3.72. The van der Waals surface area contributed by atoms with E-state index in [1.165, 1.54) is 51.5 Å². The molecule has 1 heteroatoms. The molecule has 0 bridgehead atoms. The van der Waals surface area contributed by atoms with Crippen LogP contribution in [0.2, 0.25) is 0 Å². The van der Waals surface area contributed by atoms with Gasteiger partial charge < -0.3 is 5.32 Å². The molecule has 0 rings (SSSR count). The molecule has 1 nitrogen and oxygen atoms in total. The highest BCUT2D eigenvalue weighted by atomic mass is 14.8.